The van der Waals surface area contributed by atoms with Crippen molar-refractivity contribution in [3.63, 3.8) is 0 Å². The summed E-state index contributed by atoms with van der Waals surface area (Å²) >= 11 is 0. The SMILES string of the molecule is Cc1cccc(C)c1C(C(=O)Nc1ccc2ccccc2c1)N(C(=O)C(CC(C)C)NC(=O)OC(C)(C)C)C1CC1C. The van der Waals surface area contributed by atoms with Crippen LogP contribution in [0.1, 0.15) is 77.1 Å². The van der Waals surface area contributed by atoms with Crippen LogP contribution in [0.15, 0.2) is 60.7 Å². The molecule has 4 atom stereocenters. The third-order valence-corrected chi connectivity index (χ3v) is 7.73. The van der Waals surface area contributed by atoms with Crippen LogP contribution < -0.4 is 10.6 Å². The Morgan fingerprint density at radius 3 is 2.14 bits per heavy atom. The van der Waals surface area contributed by atoms with Gasteiger partial charge < -0.3 is 20.3 Å². The van der Waals surface area contributed by atoms with Gasteiger partial charge in [-0.25, -0.2) is 4.79 Å². The molecule has 4 unspecified atom stereocenters. The zero-order chi connectivity index (χ0) is 30.8. The highest BCUT2D eigenvalue weighted by molar-refractivity contribution is 6.01. The quantitative estimate of drug-likeness (QED) is 0.282. The lowest BCUT2D eigenvalue weighted by atomic mass is 9.92. The molecule has 0 spiro atoms. The fourth-order valence-corrected chi connectivity index (χ4v) is 5.63. The smallest absolute Gasteiger partial charge is 0.408 e. The summed E-state index contributed by atoms with van der Waals surface area (Å²) in [7, 11) is 0. The van der Waals surface area contributed by atoms with Crippen molar-refractivity contribution in [1.29, 1.82) is 0 Å². The number of hydrogen-bond acceptors (Lipinski definition) is 4. The minimum atomic E-state index is -0.879. The Kier molecular flexibility index (Phi) is 9.29. The summed E-state index contributed by atoms with van der Waals surface area (Å²) in [6.07, 6.45) is 0.563. The van der Waals surface area contributed by atoms with E-state index in [1.807, 2.05) is 88.4 Å². The summed E-state index contributed by atoms with van der Waals surface area (Å²) in [6, 6.07) is 17.9. The highest BCUT2D eigenvalue weighted by atomic mass is 16.6. The maximum Gasteiger partial charge on any atom is 0.408 e. The molecule has 4 rings (SSSR count). The molecule has 7 heteroatoms. The van der Waals surface area contributed by atoms with Crippen molar-refractivity contribution in [2.75, 3.05) is 5.32 Å². The molecule has 0 radical (unpaired) electrons. The summed E-state index contributed by atoms with van der Waals surface area (Å²) in [4.78, 5) is 43.5. The van der Waals surface area contributed by atoms with Crippen molar-refractivity contribution in [1.82, 2.24) is 10.2 Å². The molecule has 224 valence electrons. The summed E-state index contributed by atoms with van der Waals surface area (Å²) in [6.45, 7) is 15.4. The molecule has 42 heavy (non-hydrogen) atoms. The number of carbonyl (C=O) groups excluding carboxylic acids is 3. The average molecular weight is 572 g/mol. The topological polar surface area (TPSA) is 87.7 Å². The van der Waals surface area contributed by atoms with E-state index in [1.165, 1.54) is 0 Å². The van der Waals surface area contributed by atoms with Gasteiger partial charge in [-0.15, -0.1) is 0 Å². The van der Waals surface area contributed by atoms with Gasteiger partial charge in [0.2, 0.25) is 5.91 Å². The van der Waals surface area contributed by atoms with Crippen LogP contribution in [-0.2, 0) is 14.3 Å². The van der Waals surface area contributed by atoms with Gasteiger partial charge in [-0.3, -0.25) is 9.59 Å². The van der Waals surface area contributed by atoms with E-state index in [4.69, 9.17) is 4.74 Å². The lowest BCUT2D eigenvalue weighted by molar-refractivity contribution is -0.142. The number of carbonyl (C=O) groups is 3. The van der Waals surface area contributed by atoms with Crippen LogP contribution in [0, 0.1) is 25.7 Å². The van der Waals surface area contributed by atoms with E-state index in [0.29, 0.717) is 12.1 Å². The first-order valence-electron chi connectivity index (χ1n) is 14.9. The van der Waals surface area contributed by atoms with Crippen LogP contribution in [0.2, 0.25) is 0 Å². The fourth-order valence-electron chi connectivity index (χ4n) is 5.63. The average Bonchev–Trinajstić information content (AvgIpc) is 3.61. The molecule has 3 aromatic carbocycles. The second-order valence-corrected chi connectivity index (χ2v) is 13.1. The van der Waals surface area contributed by atoms with Crippen LogP contribution in [-0.4, -0.2) is 40.5 Å². The van der Waals surface area contributed by atoms with Gasteiger partial charge in [-0.1, -0.05) is 69.3 Å². The van der Waals surface area contributed by atoms with Crippen LogP contribution in [0.4, 0.5) is 10.5 Å². The van der Waals surface area contributed by atoms with Gasteiger partial charge in [0.25, 0.3) is 5.91 Å². The lowest BCUT2D eigenvalue weighted by Gasteiger charge is -2.36. The Bertz CT molecular complexity index is 1440. The Morgan fingerprint density at radius 1 is 0.952 bits per heavy atom. The number of aryl methyl sites for hydroxylation is 2. The van der Waals surface area contributed by atoms with Gasteiger partial charge in [0.1, 0.15) is 17.7 Å². The van der Waals surface area contributed by atoms with Gasteiger partial charge in [-0.05, 0) is 98.9 Å². The van der Waals surface area contributed by atoms with Crippen molar-refractivity contribution in [3.05, 3.63) is 77.4 Å². The van der Waals surface area contributed by atoms with Crippen LogP contribution in [0.3, 0.4) is 0 Å². The molecule has 3 aromatic rings. The zero-order valence-corrected chi connectivity index (χ0v) is 26.2. The van der Waals surface area contributed by atoms with Gasteiger partial charge in [0, 0.05) is 11.7 Å². The molecular formula is C35H45N3O4. The van der Waals surface area contributed by atoms with E-state index in [1.54, 1.807) is 25.7 Å². The van der Waals surface area contributed by atoms with E-state index >= 15 is 0 Å². The zero-order valence-electron chi connectivity index (χ0n) is 26.2. The van der Waals surface area contributed by atoms with Gasteiger partial charge in [0.05, 0.1) is 0 Å². The molecule has 0 saturated heterocycles. The highest BCUT2D eigenvalue weighted by Gasteiger charge is 2.49. The van der Waals surface area contributed by atoms with Gasteiger partial charge in [-0.2, -0.15) is 0 Å². The van der Waals surface area contributed by atoms with Crippen LogP contribution in [0.5, 0.6) is 0 Å². The Morgan fingerprint density at radius 2 is 1.57 bits per heavy atom. The molecule has 3 amide bonds. The number of rotatable bonds is 9. The number of hydrogen-bond donors (Lipinski definition) is 2. The minimum absolute atomic E-state index is 0.123. The fraction of sp³-hybridized carbons (Fsp3) is 0.457. The molecule has 1 aliphatic carbocycles. The molecule has 7 nitrogen and oxygen atoms in total. The Hall–Kier alpha value is -3.87. The number of fused-ring (bicyclic) bond motifs is 1. The maximum atomic E-state index is 14.6. The second-order valence-electron chi connectivity index (χ2n) is 13.1. The van der Waals surface area contributed by atoms with Crippen molar-refractivity contribution in [2.45, 2.75) is 92.0 Å². The molecule has 2 N–H and O–H groups in total. The summed E-state index contributed by atoms with van der Waals surface area (Å²) < 4.78 is 5.52. The standard InChI is InChI=1S/C35H45N3O4/c1-21(2)18-28(37-34(41)42-35(6,7)8)33(40)38(29-19-24(29)5)31(30-22(3)12-11-13-23(30)4)32(39)36-27-17-16-25-14-9-10-15-26(25)20-27/h9-17,20-21,24,28-29,31H,18-19H2,1-8H3,(H,36,39)(H,37,41). The molecule has 0 bridgehead atoms. The third-order valence-electron chi connectivity index (χ3n) is 7.73. The predicted octanol–water partition coefficient (Wildman–Crippen LogP) is 7.31. The van der Waals surface area contributed by atoms with Crippen LogP contribution in [0.25, 0.3) is 10.8 Å². The molecular weight excluding hydrogens is 526 g/mol. The summed E-state index contributed by atoms with van der Waals surface area (Å²) in [5, 5.41) is 8.06. The van der Waals surface area contributed by atoms with E-state index in [0.717, 1.165) is 33.9 Å². The number of ether oxygens (including phenoxy) is 1. The van der Waals surface area contributed by atoms with Crippen molar-refractivity contribution >= 4 is 34.4 Å². The third kappa shape index (κ3) is 7.50. The van der Waals surface area contributed by atoms with Crippen molar-refractivity contribution < 1.29 is 19.1 Å². The minimum Gasteiger partial charge on any atom is -0.444 e. The first-order valence-corrected chi connectivity index (χ1v) is 14.9. The Labute approximate surface area is 250 Å². The highest BCUT2D eigenvalue weighted by Crippen LogP contribution is 2.42. The summed E-state index contributed by atoms with van der Waals surface area (Å²) in [5.74, 6) is -0.200. The van der Waals surface area contributed by atoms with Crippen molar-refractivity contribution in [2.24, 2.45) is 11.8 Å². The first kappa shape index (κ1) is 31.1. The van der Waals surface area contributed by atoms with E-state index < -0.39 is 23.8 Å². The molecule has 1 fully saturated rings. The first-order chi connectivity index (χ1) is 19.7. The Balaban J connectivity index is 1.76. The molecule has 0 aromatic heterocycles. The lowest BCUT2D eigenvalue weighted by Crippen LogP contribution is -2.54. The number of alkyl carbamates (subject to hydrolysis) is 1. The molecule has 1 saturated carbocycles. The second kappa shape index (κ2) is 12.6. The predicted molar refractivity (Wildman–Crippen MR) is 168 cm³/mol. The number of anilines is 1. The van der Waals surface area contributed by atoms with E-state index in [9.17, 15) is 14.4 Å². The number of benzene rings is 3. The van der Waals surface area contributed by atoms with Gasteiger partial charge >= 0.3 is 6.09 Å². The summed E-state index contributed by atoms with van der Waals surface area (Å²) in [5.41, 5.74) is 2.63. The van der Waals surface area contributed by atoms with E-state index in [2.05, 4.69) is 17.6 Å². The van der Waals surface area contributed by atoms with Crippen molar-refractivity contribution in [3.8, 4) is 0 Å². The number of amides is 3. The van der Waals surface area contributed by atoms with E-state index in [-0.39, 0.29) is 29.7 Å². The monoisotopic (exact) mass is 571 g/mol. The number of nitrogens with zero attached hydrogens (tertiary/aromatic N) is 1. The molecule has 1 aliphatic rings. The largest absolute Gasteiger partial charge is 0.444 e. The molecule has 0 heterocycles. The van der Waals surface area contributed by atoms with Gasteiger partial charge in [0.15, 0.2) is 0 Å². The molecule has 0 aliphatic heterocycles. The number of nitrogens with one attached hydrogen (secondary N) is 2. The van der Waals surface area contributed by atoms with Crippen LogP contribution >= 0.6 is 0 Å². The normalized spacial score (nSPS) is 17.8. The maximum absolute atomic E-state index is 14.6.